The Labute approximate surface area is 186 Å². The molecule has 3 heteroatoms. The molecule has 3 nitrogen and oxygen atoms in total. The molecule has 31 heavy (non-hydrogen) atoms. The summed E-state index contributed by atoms with van der Waals surface area (Å²) in [6.07, 6.45) is 2.98. The third-order valence-electron chi connectivity index (χ3n) is 6.53. The van der Waals surface area contributed by atoms with Crippen molar-refractivity contribution >= 4 is 0 Å². The van der Waals surface area contributed by atoms with E-state index in [4.69, 9.17) is 4.74 Å². The van der Waals surface area contributed by atoms with Gasteiger partial charge in [0.25, 0.3) is 0 Å². The molecule has 0 radical (unpaired) electrons. The van der Waals surface area contributed by atoms with E-state index in [9.17, 15) is 5.11 Å². The SMILES string of the molecule is OCC[C@H]1C[C@@]1(CCOCc1ccccc1)N(Cc1ccccc1)Cc1ccccc1. The van der Waals surface area contributed by atoms with Crippen LogP contribution in [-0.2, 0) is 24.4 Å². The van der Waals surface area contributed by atoms with Gasteiger partial charge in [-0.15, -0.1) is 0 Å². The highest BCUT2D eigenvalue weighted by Crippen LogP contribution is 2.54. The van der Waals surface area contributed by atoms with Gasteiger partial charge in [0.05, 0.1) is 6.61 Å². The van der Waals surface area contributed by atoms with Gasteiger partial charge < -0.3 is 9.84 Å². The fraction of sp³-hybridized carbons (Fsp3) is 0.357. The van der Waals surface area contributed by atoms with Crippen LogP contribution < -0.4 is 0 Å². The first-order valence-electron chi connectivity index (χ1n) is 11.4. The Hall–Kier alpha value is -2.46. The fourth-order valence-corrected chi connectivity index (χ4v) is 4.74. The van der Waals surface area contributed by atoms with Crippen molar-refractivity contribution in [2.24, 2.45) is 5.92 Å². The first-order valence-corrected chi connectivity index (χ1v) is 11.4. The Morgan fingerprint density at radius 1 is 0.774 bits per heavy atom. The standard InChI is InChI=1S/C28H33NO2/c30-18-16-27-20-28(27,17-19-31-23-26-14-8-3-9-15-26)29(21-24-10-4-1-5-11-24)22-25-12-6-2-7-13-25/h1-15,27,30H,16-23H2/t27-,28+/m0/s1. The number of hydrogen-bond acceptors (Lipinski definition) is 3. The third-order valence-corrected chi connectivity index (χ3v) is 6.53. The third kappa shape index (κ3) is 5.82. The van der Waals surface area contributed by atoms with Crippen LogP contribution in [0.3, 0.4) is 0 Å². The van der Waals surface area contributed by atoms with Crippen molar-refractivity contribution in [2.75, 3.05) is 13.2 Å². The molecule has 0 amide bonds. The molecule has 0 unspecified atom stereocenters. The van der Waals surface area contributed by atoms with E-state index in [-0.39, 0.29) is 12.1 Å². The van der Waals surface area contributed by atoms with Crippen LogP contribution in [0.5, 0.6) is 0 Å². The molecule has 0 bridgehead atoms. The van der Waals surface area contributed by atoms with Crippen LogP contribution in [0.25, 0.3) is 0 Å². The second-order valence-electron chi connectivity index (χ2n) is 8.63. The highest BCUT2D eigenvalue weighted by atomic mass is 16.5. The summed E-state index contributed by atoms with van der Waals surface area (Å²) in [5.74, 6) is 0.519. The summed E-state index contributed by atoms with van der Waals surface area (Å²) in [6, 6.07) is 31.8. The summed E-state index contributed by atoms with van der Waals surface area (Å²) < 4.78 is 6.08. The predicted octanol–water partition coefficient (Wildman–Crippen LogP) is 5.44. The summed E-state index contributed by atoms with van der Waals surface area (Å²) >= 11 is 0. The molecule has 1 aliphatic carbocycles. The van der Waals surface area contributed by atoms with Gasteiger partial charge in [-0.2, -0.15) is 0 Å². The highest BCUT2D eigenvalue weighted by molar-refractivity contribution is 5.21. The maximum absolute atomic E-state index is 9.64. The molecule has 1 aliphatic rings. The van der Waals surface area contributed by atoms with Crippen LogP contribution in [-0.4, -0.2) is 28.8 Å². The van der Waals surface area contributed by atoms with Gasteiger partial charge in [0.1, 0.15) is 0 Å². The molecule has 0 aromatic heterocycles. The monoisotopic (exact) mass is 415 g/mol. The van der Waals surface area contributed by atoms with Crippen LogP contribution in [0, 0.1) is 5.92 Å². The molecule has 162 valence electrons. The summed E-state index contributed by atoms with van der Waals surface area (Å²) in [7, 11) is 0. The Morgan fingerprint density at radius 3 is 1.81 bits per heavy atom. The minimum absolute atomic E-state index is 0.0884. The van der Waals surface area contributed by atoms with Crippen LogP contribution in [0.2, 0.25) is 0 Å². The number of aliphatic hydroxyl groups is 1. The molecule has 0 aliphatic heterocycles. The average molecular weight is 416 g/mol. The number of benzene rings is 3. The number of hydrogen-bond donors (Lipinski definition) is 1. The minimum atomic E-state index is 0.0884. The van der Waals surface area contributed by atoms with E-state index in [1.54, 1.807) is 0 Å². The van der Waals surface area contributed by atoms with Gasteiger partial charge in [-0.25, -0.2) is 0 Å². The van der Waals surface area contributed by atoms with Crippen LogP contribution >= 0.6 is 0 Å². The lowest BCUT2D eigenvalue weighted by Gasteiger charge is -2.34. The molecular weight excluding hydrogens is 382 g/mol. The van der Waals surface area contributed by atoms with E-state index >= 15 is 0 Å². The van der Waals surface area contributed by atoms with Crippen LogP contribution in [0.1, 0.15) is 36.0 Å². The molecule has 0 saturated heterocycles. The Kier molecular flexibility index (Phi) is 7.52. The van der Waals surface area contributed by atoms with E-state index < -0.39 is 0 Å². The van der Waals surface area contributed by atoms with Crippen LogP contribution in [0.4, 0.5) is 0 Å². The summed E-state index contributed by atoms with van der Waals surface area (Å²) in [6.45, 7) is 3.46. The van der Waals surface area contributed by atoms with Crippen molar-refractivity contribution in [2.45, 2.75) is 44.5 Å². The van der Waals surface area contributed by atoms with Gasteiger partial charge in [0.2, 0.25) is 0 Å². The van der Waals surface area contributed by atoms with Crippen molar-refractivity contribution in [1.29, 1.82) is 0 Å². The van der Waals surface area contributed by atoms with Gasteiger partial charge in [0, 0.05) is 31.8 Å². The molecule has 0 heterocycles. The van der Waals surface area contributed by atoms with Gasteiger partial charge in [0.15, 0.2) is 0 Å². The maximum Gasteiger partial charge on any atom is 0.0716 e. The topological polar surface area (TPSA) is 32.7 Å². The van der Waals surface area contributed by atoms with Crippen LogP contribution in [0.15, 0.2) is 91.0 Å². The lowest BCUT2D eigenvalue weighted by atomic mass is 10.0. The molecule has 1 fully saturated rings. The van der Waals surface area contributed by atoms with E-state index in [1.807, 2.05) is 6.07 Å². The zero-order valence-corrected chi connectivity index (χ0v) is 18.2. The van der Waals surface area contributed by atoms with Crippen molar-refractivity contribution in [3.63, 3.8) is 0 Å². The number of ether oxygens (including phenoxy) is 1. The molecule has 4 rings (SSSR count). The van der Waals surface area contributed by atoms with Crippen molar-refractivity contribution < 1.29 is 9.84 Å². The lowest BCUT2D eigenvalue weighted by Crippen LogP contribution is -2.39. The zero-order chi connectivity index (χ0) is 21.4. The molecule has 1 saturated carbocycles. The van der Waals surface area contributed by atoms with Crippen molar-refractivity contribution in [3.05, 3.63) is 108 Å². The molecule has 1 N–H and O–H groups in total. The summed E-state index contributed by atoms with van der Waals surface area (Å²) in [4.78, 5) is 2.63. The molecular formula is C28H33NO2. The zero-order valence-electron chi connectivity index (χ0n) is 18.2. The van der Waals surface area contributed by atoms with Crippen molar-refractivity contribution in [1.82, 2.24) is 4.90 Å². The Balaban J connectivity index is 1.48. The average Bonchev–Trinajstić information content (AvgIpc) is 3.52. The normalized spacial score (nSPS) is 20.1. The van der Waals surface area contributed by atoms with Gasteiger partial charge in [-0.3, -0.25) is 4.90 Å². The van der Waals surface area contributed by atoms with E-state index in [0.29, 0.717) is 12.5 Å². The van der Waals surface area contributed by atoms with E-state index in [2.05, 4.69) is 89.8 Å². The lowest BCUT2D eigenvalue weighted by molar-refractivity contribution is 0.0636. The second kappa shape index (κ2) is 10.7. The number of aliphatic hydroxyl groups excluding tert-OH is 1. The Morgan fingerprint density at radius 2 is 1.29 bits per heavy atom. The van der Waals surface area contributed by atoms with E-state index in [0.717, 1.165) is 39.0 Å². The minimum Gasteiger partial charge on any atom is -0.396 e. The molecule has 3 aromatic carbocycles. The summed E-state index contributed by atoms with van der Waals surface area (Å²) in [5.41, 5.74) is 3.96. The van der Waals surface area contributed by atoms with Gasteiger partial charge in [-0.1, -0.05) is 91.0 Å². The quantitative estimate of drug-likeness (QED) is 0.400. The maximum atomic E-state index is 9.64. The number of rotatable bonds is 12. The molecule has 2 atom stereocenters. The van der Waals surface area contributed by atoms with Crippen molar-refractivity contribution in [3.8, 4) is 0 Å². The largest absolute Gasteiger partial charge is 0.396 e. The Bertz CT molecular complexity index is 859. The first kappa shape index (κ1) is 21.8. The predicted molar refractivity (Wildman–Crippen MR) is 125 cm³/mol. The van der Waals surface area contributed by atoms with E-state index in [1.165, 1.54) is 16.7 Å². The highest BCUT2D eigenvalue weighted by Gasteiger charge is 2.56. The second-order valence-corrected chi connectivity index (χ2v) is 8.63. The van der Waals surface area contributed by atoms with Gasteiger partial charge in [-0.05, 0) is 41.9 Å². The smallest absolute Gasteiger partial charge is 0.0716 e. The first-order chi connectivity index (χ1) is 15.3. The molecule has 0 spiro atoms. The fourth-order valence-electron chi connectivity index (χ4n) is 4.74. The summed E-state index contributed by atoms with van der Waals surface area (Å²) in [5, 5.41) is 9.64. The van der Waals surface area contributed by atoms with Gasteiger partial charge >= 0.3 is 0 Å². The number of nitrogens with zero attached hydrogens (tertiary/aromatic N) is 1. The molecule has 3 aromatic rings.